The molecule has 1 aromatic heterocycles. The second kappa shape index (κ2) is 17.1. The molecule has 2 atom stereocenters. The van der Waals surface area contributed by atoms with E-state index in [9.17, 15) is 32.0 Å². The normalized spacial score (nSPS) is 14.4. The number of anilines is 1. The summed E-state index contributed by atoms with van der Waals surface area (Å²) in [6.07, 6.45) is 2.80. The van der Waals surface area contributed by atoms with Crippen LogP contribution in [0, 0.1) is 11.1 Å². The van der Waals surface area contributed by atoms with E-state index in [1.807, 2.05) is 0 Å². The molecule has 0 amide bonds. The number of thiol groups is 1. The monoisotopic (exact) mass is 773 g/mol. The number of halogens is 4. The largest absolute Gasteiger partial charge is 0.619 e. The van der Waals surface area contributed by atoms with Crippen molar-refractivity contribution in [1.82, 2.24) is 4.90 Å². The quantitative estimate of drug-likeness (QED) is 0.0828. The van der Waals surface area contributed by atoms with E-state index >= 15 is 0 Å². The summed E-state index contributed by atoms with van der Waals surface area (Å²) in [5, 5.41) is 11.9. The number of likely N-dealkylation sites (N-methyl/N-ethyl adjacent to an activating group) is 1. The van der Waals surface area contributed by atoms with Gasteiger partial charge in [0.15, 0.2) is 23.9 Å². The molecule has 1 heterocycles. The van der Waals surface area contributed by atoms with Crippen molar-refractivity contribution in [3.8, 4) is 11.5 Å². The van der Waals surface area contributed by atoms with Crippen LogP contribution >= 0.6 is 23.2 Å². The van der Waals surface area contributed by atoms with Crippen molar-refractivity contribution in [3.63, 3.8) is 0 Å². The predicted octanol–water partition coefficient (Wildman–Crippen LogP) is 5.76. The highest BCUT2D eigenvalue weighted by molar-refractivity contribution is 7.74. The topological polar surface area (TPSA) is 139 Å². The van der Waals surface area contributed by atoms with E-state index in [0.717, 1.165) is 29.5 Å². The van der Waals surface area contributed by atoms with Crippen molar-refractivity contribution in [2.45, 2.75) is 64.4 Å². The number of hydrogen-bond acceptors (Lipinski definition) is 10. The van der Waals surface area contributed by atoms with Gasteiger partial charge in [-0.2, -0.15) is 13.5 Å². The van der Waals surface area contributed by atoms with E-state index < -0.39 is 47.2 Å². The maximum atomic E-state index is 13.6. The Kier molecular flexibility index (Phi) is 13.3. The third kappa shape index (κ3) is 11.5. The first-order chi connectivity index (χ1) is 23.9. The van der Waals surface area contributed by atoms with Crippen molar-refractivity contribution < 1.29 is 50.5 Å². The minimum Gasteiger partial charge on any atom is -0.619 e. The molecule has 4 rings (SSSR count). The van der Waals surface area contributed by atoms with Gasteiger partial charge >= 0.3 is 18.6 Å². The van der Waals surface area contributed by atoms with E-state index in [1.165, 1.54) is 42.5 Å². The second-order valence-electron chi connectivity index (χ2n) is 13.1. The SMILES string of the molecule is CN(C)C(CN(c1ccc(C(=O)OC(Cc2c(Cl)c[n+]([O-])cc2Cl)c2ccc(OC(F)F)c(OCC3CC3)c2)cc1)[SH](=O)=O)C(=O)OC(C)(C)C. The maximum absolute atomic E-state index is 13.6. The number of carbonyl (C=O) groups excluding carboxylic acids is 2. The molecule has 0 radical (unpaired) electrons. The lowest BCUT2D eigenvalue weighted by molar-refractivity contribution is -0.605. The average molecular weight is 775 g/mol. The fraction of sp³-hybridized carbons (Fsp3) is 0.441. The fourth-order valence-corrected chi connectivity index (χ4v) is 6.09. The van der Waals surface area contributed by atoms with Gasteiger partial charge in [-0.25, -0.2) is 13.2 Å². The van der Waals surface area contributed by atoms with Crippen LogP contribution in [-0.4, -0.2) is 70.8 Å². The Morgan fingerprint density at radius 1 is 1.02 bits per heavy atom. The van der Waals surface area contributed by atoms with E-state index in [-0.39, 0.29) is 63.8 Å². The van der Waals surface area contributed by atoms with Crippen LogP contribution in [0.15, 0.2) is 54.9 Å². The number of ether oxygens (including phenoxy) is 4. The van der Waals surface area contributed by atoms with Gasteiger partial charge in [0.1, 0.15) is 27.8 Å². The summed E-state index contributed by atoms with van der Waals surface area (Å²) in [6.45, 7) is 2.01. The first kappa shape index (κ1) is 39.9. The third-order valence-corrected chi connectivity index (χ3v) is 9.11. The molecule has 1 saturated carbocycles. The highest BCUT2D eigenvalue weighted by Crippen LogP contribution is 2.38. The van der Waals surface area contributed by atoms with Crippen molar-refractivity contribution in [2.24, 2.45) is 5.92 Å². The van der Waals surface area contributed by atoms with Gasteiger partial charge in [0, 0.05) is 12.0 Å². The molecule has 0 aliphatic heterocycles. The molecular weight excluding hydrogens is 735 g/mol. The minimum atomic E-state index is -3.21. The van der Waals surface area contributed by atoms with E-state index in [2.05, 4.69) is 4.74 Å². The smallest absolute Gasteiger partial charge is 0.387 e. The van der Waals surface area contributed by atoms with Crippen LogP contribution in [-0.2, 0) is 31.6 Å². The molecule has 51 heavy (non-hydrogen) atoms. The van der Waals surface area contributed by atoms with Crippen LogP contribution in [0.4, 0.5) is 14.5 Å². The van der Waals surface area contributed by atoms with Gasteiger partial charge in [0.25, 0.3) is 0 Å². The molecule has 2 unspecified atom stereocenters. The first-order valence-electron chi connectivity index (χ1n) is 15.8. The van der Waals surface area contributed by atoms with Crippen LogP contribution in [0.5, 0.6) is 11.5 Å². The number of benzene rings is 2. The molecule has 0 saturated heterocycles. The van der Waals surface area contributed by atoms with Crippen LogP contribution in [0.3, 0.4) is 0 Å². The number of pyridine rings is 1. The van der Waals surface area contributed by atoms with E-state index in [4.69, 9.17) is 37.4 Å². The molecule has 1 fully saturated rings. The Hall–Kier alpha value is -3.92. The summed E-state index contributed by atoms with van der Waals surface area (Å²) in [5.41, 5.74) is 0.0200. The molecule has 278 valence electrons. The number of nitrogens with zero attached hydrogens (tertiary/aromatic N) is 3. The van der Waals surface area contributed by atoms with Crippen LogP contribution in [0.25, 0.3) is 0 Å². The molecule has 2 aromatic carbocycles. The number of alkyl halides is 2. The van der Waals surface area contributed by atoms with Crippen LogP contribution in [0.2, 0.25) is 10.0 Å². The molecule has 1 aliphatic rings. The zero-order valence-corrected chi connectivity index (χ0v) is 30.9. The van der Waals surface area contributed by atoms with Gasteiger partial charge in [0.05, 0.1) is 24.4 Å². The van der Waals surface area contributed by atoms with Gasteiger partial charge in [-0.15, -0.1) is 0 Å². The standard InChI is InChI=1S/C34H39Cl2F2N3O9S/c1-34(2,3)50-32(43)27(39(4)5)18-41(51(45)46)23-11-8-21(9-12-23)31(42)48-29(15-24-25(35)16-40(44)17-26(24)36)22-10-13-28(49-33(37)38)30(14-22)47-19-20-6-7-20/h8-14,16-17,20,27,29,33,51H,6-7,15,18-19H2,1-5H3. The summed E-state index contributed by atoms with van der Waals surface area (Å²) in [7, 11) is 0.0298. The van der Waals surface area contributed by atoms with Gasteiger partial charge in [-0.3, -0.25) is 14.0 Å². The van der Waals surface area contributed by atoms with Crippen molar-refractivity contribution in [3.05, 3.63) is 86.8 Å². The Balaban J connectivity index is 1.63. The predicted molar refractivity (Wildman–Crippen MR) is 186 cm³/mol. The summed E-state index contributed by atoms with van der Waals surface area (Å²) >= 11 is 12.7. The van der Waals surface area contributed by atoms with Gasteiger partial charge in [-0.1, -0.05) is 29.3 Å². The van der Waals surface area contributed by atoms with E-state index in [0.29, 0.717) is 10.3 Å². The van der Waals surface area contributed by atoms with Crippen molar-refractivity contribution in [1.29, 1.82) is 0 Å². The Labute approximate surface area is 306 Å². The molecule has 3 aromatic rings. The molecule has 12 nitrogen and oxygen atoms in total. The second-order valence-corrected chi connectivity index (χ2v) is 14.9. The number of carbonyl (C=O) groups is 2. The molecule has 1 aliphatic carbocycles. The Morgan fingerprint density at radius 3 is 2.18 bits per heavy atom. The zero-order chi connectivity index (χ0) is 37.6. The van der Waals surface area contributed by atoms with Crippen molar-refractivity contribution >= 4 is 51.7 Å². The lowest BCUT2D eigenvalue weighted by Crippen LogP contribution is -2.47. The van der Waals surface area contributed by atoms with Gasteiger partial charge in [-0.05, 0) is 95.6 Å². The Bertz CT molecular complexity index is 1750. The number of hydrogen-bond donors (Lipinski definition) is 1. The first-order valence-corrected chi connectivity index (χ1v) is 17.7. The van der Waals surface area contributed by atoms with Crippen LogP contribution in [0.1, 0.15) is 61.2 Å². The summed E-state index contributed by atoms with van der Waals surface area (Å²) in [5.74, 6) is -1.35. The average Bonchev–Trinajstić information content (AvgIpc) is 3.85. The molecule has 0 spiro atoms. The minimum absolute atomic E-state index is 0.0000106. The lowest BCUT2D eigenvalue weighted by Gasteiger charge is -2.30. The van der Waals surface area contributed by atoms with Gasteiger partial charge in [0.2, 0.25) is 10.9 Å². The van der Waals surface area contributed by atoms with Crippen molar-refractivity contribution in [2.75, 3.05) is 31.6 Å². The third-order valence-electron chi connectivity index (χ3n) is 7.67. The number of rotatable bonds is 16. The summed E-state index contributed by atoms with van der Waals surface area (Å²) in [4.78, 5) is 28.0. The zero-order valence-electron chi connectivity index (χ0n) is 28.5. The molecular formula is C34H39Cl2F2N3O9S. The summed E-state index contributed by atoms with van der Waals surface area (Å²) < 4.78 is 74.3. The highest BCUT2D eigenvalue weighted by atomic mass is 35.5. The summed E-state index contributed by atoms with van der Waals surface area (Å²) in [6, 6.07) is 8.66. The number of esters is 2. The number of aromatic nitrogens is 1. The van der Waals surface area contributed by atoms with E-state index in [1.54, 1.807) is 39.8 Å². The van der Waals surface area contributed by atoms with Crippen LogP contribution < -0.4 is 18.5 Å². The maximum Gasteiger partial charge on any atom is 0.387 e. The molecule has 0 N–H and O–H groups in total. The lowest BCUT2D eigenvalue weighted by atomic mass is 10.0. The molecule has 0 bridgehead atoms. The fourth-order valence-electron chi connectivity index (χ4n) is 4.88. The van der Waals surface area contributed by atoms with Gasteiger partial charge < -0.3 is 24.2 Å². The highest BCUT2D eigenvalue weighted by Gasteiger charge is 2.31. The Morgan fingerprint density at radius 2 is 1.65 bits per heavy atom. The molecule has 17 heteroatoms.